The molecule has 0 aromatic rings. The van der Waals surface area contributed by atoms with Crippen LogP contribution in [0.2, 0.25) is 24.2 Å². The molecule has 0 amide bonds. The number of rotatable bonds is 13. The molecule has 0 N–H and O–H groups in total. The predicted molar refractivity (Wildman–Crippen MR) is 109 cm³/mol. The fraction of sp³-hybridized carbons (Fsp3) is 0.571. The summed E-state index contributed by atoms with van der Waals surface area (Å²) in [7, 11) is -1.51. The number of carbonyl (C=O) groups is 1. The Labute approximate surface area is 150 Å². The lowest BCUT2D eigenvalue weighted by Gasteiger charge is -2.33. The van der Waals surface area contributed by atoms with E-state index < -0.39 is 8.07 Å². The van der Waals surface area contributed by atoms with Gasteiger partial charge in [-0.1, -0.05) is 42.2 Å². The molecule has 0 aliphatic heterocycles. The zero-order valence-electron chi connectivity index (χ0n) is 16.3. The van der Waals surface area contributed by atoms with Crippen molar-refractivity contribution in [3.63, 3.8) is 0 Å². The number of ether oxygens (including phenoxy) is 1. The largest absolute Gasteiger partial charge is 0.462 e. The van der Waals surface area contributed by atoms with Crippen LogP contribution in [0, 0.1) is 0 Å². The Morgan fingerprint density at radius 3 is 1.62 bits per heavy atom. The third-order valence-electron chi connectivity index (χ3n) is 3.96. The number of hydrogen-bond donors (Lipinski definition) is 0. The van der Waals surface area contributed by atoms with Crippen molar-refractivity contribution in [3.05, 3.63) is 48.6 Å². The minimum atomic E-state index is -1.51. The van der Waals surface area contributed by atoms with Gasteiger partial charge in [-0.3, -0.25) is 0 Å². The van der Waals surface area contributed by atoms with Crippen LogP contribution in [0.25, 0.3) is 0 Å². The number of hydrogen-bond acceptors (Lipinski definition) is 2. The average Bonchev–Trinajstić information content (AvgIpc) is 2.39. The Morgan fingerprint density at radius 1 is 0.792 bits per heavy atom. The normalized spacial score (nSPS) is 11.0. The van der Waals surface area contributed by atoms with E-state index in [1.54, 1.807) is 6.92 Å². The number of esters is 1. The molecule has 0 saturated carbocycles. The molecule has 24 heavy (non-hydrogen) atoms. The zero-order chi connectivity index (χ0) is 18.8. The van der Waals surface area contributed by atoms with Gasteiger partial charge in [-0.15, -0.1) is 19.7 Å². The van der Waals surface area contributed by atoms with Gasteiger partial charge < -0.3 is 4.74 Å². The van der Waals surface area contributed by atoms with Gasteiger partial charge in [-0.2, -0.15) is 0 Å². The standard InChI is InChI=1S/C21H36O2Si/c1-17(2)14-24(15-18(3)4,16-19(5)6)13-11-9-10-12-23-21(22)20(7)8/h1,3,5,7,9-16H2,2,4,6,8H3. The molecule has 0 atom stereocenters. The van der Waals surface area contributed by atoms with Crippen LogP contribution in [0.1, 0.15) is 47.0 Å². The molecule has 136 valence electrons. The highest BCUT2D eigenvalue weighted by Crippen LogP contribution is 2.35. The smallest absolute Gasteiger partial charge is 0.333 e. The molecule has 0 rings (SSSR count). The first kappa shape index (κ1) is 22.6. The maximum atomic E-state index is 11.4. The molecular weight excluding hydrogens is 312 g/mol. The summed E-state index contributed by atoms with van der Waals surface area (Å²) >= 11 is 0. The van der Waals surface area contributed by atoms with Crippen molar-refractivity contribution in [1.82, 2.24) is 0 Å². The molecule has 0 unspecified atom stereocenters. The summed E-state index contributed by atoms with van der Waals surface area (Å²) in [6.45, 7) is 24.6. The van der Waals surface area contributed by atoms with Gasteiger partial charge in [0.15, 0.2) is 0 Å². The van der Waals surface area contributed by atoms with Crippen molar-refractivity contribution in [3.8, 4) is 0 Å². The summed E-state index contributed by atoms with van der Waals surface area (Å²) in [4.78, 5) is 11.4. The molecule has 0 aliphatic rings. The van der Waals surface area contributed by atoms with Crippen molar-refractivity contribution in [2.75, 3.05) is 6.61 Å². The Hall–Kier alpha value is -1.35. The van der Waals surface area contributed by atoms with E-state index in [0.29, 0.717) is 12.2 Å². The van der Waals surface area contributed by atoms with Crippen LogP contribution in [0.15, 0.2) is 48.6 Å². The molecule has 0 radical (unpaired) electrons. The molecule has 0 aromatic carbocycles. The summed E-state index contributed by atoms with van der Waals surface area (Å²) < 4.78 is 5.16. The van der Waals surface area contributed by atoms with E-state index in [1.165, 1.54) is 29.2 Å². The van der Waals surface area contributed by atoms with Crippen LogP contribution in [-0.4, -0.2) is 20.7 Å². The minimum Gasteiger partial charge on any atom is -0.462 e. The van der Waals surface area contributed by atoms with E-state index in [0.717, 1.165) is 31.0 Å². The van der Waals surface area contributed by atoms with Gasteiger partial charge in [-0.05, 0) is 52.2 Å². The SMILES string of the molecule is C=C(C)C[Si](CCCCCOC(=O)C(=C)C)(CC(=C)C)CC(=C)C. The topological polar surface area (TPSA) is 26.3 Å². The first-order chi connectivity index (χ1) is 11.1. The highest BCUT2D eigenvalue weighted by molar-refractivity contribution is 6.81. The van der Waals surface area contributed by atoms with Gasteiger partial charge in [0.2, 0.25) is 0 Å². The maximum absolute atomic E-state index is 11.4. The van der Waals surface area contributed by atoms with Crippen molar-refractivity contribution < 1.29 is 9.53 Å². The van der Waals surface area contributed by atoms with Crippen molar-refractivity contribution in [2.24, 2.45) is 0 Å². The fourth-order valence-electron chi connectivity index (χ4n) is 3.44. The molecule has 2 nitrogen and oxygen atoms in total. The Balaban J connectivity index is 4.56. The lowest BCUT2D eigenvalue weighted by Crippen LogP contribution is -2.34. The second kappa shape index (κ2) is 11.2. The van der Waals surface area contributed by atoms with Crippen LogP contribution in [0.4, 0.5) is 0 Å². The van der Waals surface area contributed by atoms with Crippen LogP contribution >= 0.6 is 0 Å². The maximum Gasteiger partial charge on any atom is 0.333 e. The van der Waals surface area contributed by atoms with Crippen LogP contribution in [-0.2, 0) is 9.53 Å². The first-order valence-electron chi connectivity index (χ1n) is 8.84. The lowest BCUT2D eigenvalue weighted by molar-refractivity contribution is -0.139. The molecule has 0 aromatic heterocycles. The van der Waals surface area contributed by atoms with Gasteiger partial charge in [0.05, 0.1) is 14.7 Å². The number of carbonyl (C=O) groups excluding carboxylic acids is 1. The molecule has 0 aliphatic carbocycles. The van der Waals surface area contributed by atoms with Crippen molar-refractivity contribution >= 4 is 14.0 Å². The molecular formula is C21H36O2Si. The molecule has 0 bridgehead atoms. The number of allylic oxidation sites excluding steroid dienone is 3. The monoisotopic (exact) mass is 348 g/mol. The highest BCUT2D eigenvalue weighted by Gasteiger charge is 2.32. The molecule has 0 fully saturated rings. The Kier molecular flexibility index (Phi) is 10.6. The molecule has 0 heterocycles. The quantitative estimate of drug-likeness (QED) is 0.126. The summed E-state index contributed by atoms with van der Waals surface area (Å²) in [5.74, 6) is -0.287. The summed E-state index contributed by atoms with van der Waals surface area (Å²) in [5, 5.41) is 0. The third-order valence-corrected chi connectivity index (χ3v) is 9.44. The van der Waals surface area contributed by atoms with E-state index >= 15 is 0 Å². The highest BCUT2D eigenvalue weighted by atomic mass is 28.3. The van der Waals surface area contributed by atoms with Crippen molar-refractivity contribution in [2.45, 2.75) is 71.1 Å². The lowest BCUT2D eigenvalue weighted by atomic mass is 10.2. The van der Waals surface area contributed by atoms with Crippen LogP contribution in [0.5, 0.6) is 0 Å². The van der Waals surface area contributed by atoms with Gasteiger partial charge in [0, 0.05) is 5.57 Å². The Morgan fingerprint density at radius 2 is 1.25 bits per heavy atom. The van der Waals surface area contributed by atoms with E-state index in [-0.39, 0.29) is 5.97 Å². The van der Waals surface area contributed by atoms with Crippen molar-refractivity contribution in [1.29, 1.82) is 0 Å². The minimum absolute atomic E-state index is 0.287. The van der Waals surface area contributed by atoms with Crippen LogP contribution in [0.3, 0.4) is 0 Å². The Bertz CT molecular complexity index is 447. The van der Waals surface area contributed by atoms with Gasteiger partial charge in [-0.25, -0.2) is 4.79 Å². The summed E-state index contributed by atoms with van der Waals surface area (Å²) in [5.41, 5.74) is 4.30. The third kappa shape index (κ3) is 10.4. The second-order valence-corrected chi connectivity index (χ2v) is 12.2. The van der Waals surface area contributed by atoms with Crippen LogP contribution < -0.4 is 0 Å². The first-order valence-corrected chi connectivity index (χ1v) is 11.7. The van der Waals surface area contributed by atoms with E-state index in [9.17, 15) is 4.79 Å². The average molecular weight is 349 g/mol. The number of unbranched alkanes of at least 4 members (excludes halogenated alkanes) is 2. The molecule has 0 saturated heterocycles. The summed E-state index contributed by atoms with van der Waals surface area (Å²) in [6, 6.07) is 4.71. The van der Waals surface area contributed by atoms with E-state index in [1.807, 2.05) is 0 Å². The second-order valence-electron chi connectivity index (χ2n) is 7.63. The van der Waals surface area contributed by atoms with Gasteiger partial charge >= 0.3 is 5.97 Å². The zero-order valence-corrected chi connectivity index (χ0v) is 17.3. The van der Waals surface area contributed by atoms with Gasteiger partial charge in [0.25, 0.3) is 0 Å². The molecule has 3 heteroatoms. The van der Waals surface area contributed by atoms with Gasteiger partial charge in [0.1, 0.15) is 0 Å². The molecule has 0 spiro atoms. The fourth-order valence-corrected chi connectivity index (χ4v) is 9.19. The summed E-state index contributed by atoms with van der Waals surface area (Å²) in [6.07, 6.45) is 3.17. The van der Waals surface area contributed by atoms with E-state index in [4.69, 9.17) is 4.74 Å². The van der Waals surface area contributed by atoms with E-state index in [2.05, 4.69) is 47.1 Å². The predicted octanol–water partition coefficient (Wildman–Crippen LogP) is 6.45.